The molecule has 0 saturated carbocycles. The first kappa shape index (κ1) is 26.1. The largest absolute Gasteiger partial charge is 0.452 e. The van der Waals surface area contributed by atoms with E-state index in [1.165, 1.54) is 48.5 Å². The molecule has 33 heavy (non-hydrogen) atoms. The van der Waals surface area contributed by atoms with E-state index in [4.69, 9.17) is 0 Å². The van der Waals surface area contributed by atoms with Crippen molar-refractivity contribution in [2.45, 2.75) is 45.2 Å². The molecule has 1 atom stereocenters. The van der Waals surface area contributed by atoms with Crippen molar-refractivity contribution in [3.63, 3.8) is 0 Å². The first-order valence-corrected chi connectivity index (χ1v) is 9.77. The van der Waals surface area contributed by atoms with Gasteiger partial charge in [-0.3, -0.25) is 14.4 Å². The fourth-order valence-corrected chi connectivity index (χ4v) is 3.28. The lowest BCUT2D eigenvalue weighted by molar-refractivity contribution is -0.187. The fourth-order valence-electron chi connectivity index (χ4n) is 3.28. The molecule has 0 aromatic heterocycles. The van der Waals surface area contributed by atoms with E-state index in [0.717, 1.165) is 0 Å². The summed E-state index contributed by atoms with van der Waals surface area (Å²) in [6.45, 7) is 0.759. The molecular formula is C23H21F6NO3. The van der Waals surface area contributed by atoms with Gasteiger partial charge in [-0.2, -0.15) is 26.3 Å². The van der Waals surface area contributed by atoms with Crippen LogP contribution in [-0.2, 0) is 27.3 Å². The second-order valence-electron chi connectivity index (χ2n) is 7.94. The van der Waals surface area contributed by atoms with Crippen LogP contribution in [-0.4, -0.2) is 40.8 Å². The van der Waals surface area contributed by atoms with Crippen LogP contribution in [0.5, 0.6) is 0 Å². The smallest absolute Gasteiger partial charge is 0.327 e. The highest BCUT2D eigenvalue weighted by molar-refractivity contribution is 6.08. The molecule has 0 aliphatic carbocycles. The minimum absolute atomic E-state index is 0.255. The number of benzene rings is 2. The van der Waals surface area contributed by atoms with Gasteiger partial charge in [0.25, 0.3) is 11.6 Å². The van der Waals surface area contributed by atoms with E-state index in [-0.39, 0.29) is 11.1 Å². The molecule has 2 rings (SSSR count). The lowest BCUT2D eigenvalue weighted by atomic mass is 9.84. The van der Waals surface area contributed by atoms with E-state index < -0.39 is 54.2 Å². The number of amides is 1. The van der Waals surface area contributed by atoms with Gasteiger partial charge in [0, 0.05) is 13.0 Å². The van der Waals surface area contributed by atoms with Crippen molar-refractivity contribution in [2.75, 3.05) is 0 Å². The zero-order chi connectivity index (χ0) is 25.0. The van der Waals surface area contributed by atoms with Crippen molar-refractivity contribution in [1.82, 2.24) is 4.90 Å². The summed E-state index contributed by atoms with van der Waals surface area (Å²) in [4.78, 5) is 38.0. The predicted molar refractivity (Wildman–Crippen MR) is 107 cm³/mol. The Bertz CT molecular complexity index is 985. The third kappa shape index (κ3) is 6.43. The van der Waals surface area contributed by atoms with Gasteiger partial charge in [-0.25, -0.2) is 0 Å². The monoisotopic (exact) mass is 473 g/mol. The fraction of sp³-hybridized carbons (Fsp3) is 0.348. The Kier molecular flexibility index (Phi) is 7.72. The minimum Gasteiger partial charge on any atom is -0.327 e. The molecule has 0 bridgehead atoms. The molecule has 0 aliphatic heterocycles. The Morgan fingerprint density at radius 3 is 1.64 bits per heavy atom. The average molecular weight is 473 g/mol. The summed E-state index contributed by atoms with van der Waals surface area (Å²) in [7, 11) is 0. The number of hydrogen-bond donors (Lipinski definition) is 0. The van der Waals surface area contributed by atoms with Gasteiger partial charge in [-0.1, -0.05) is 60.7 Å². The Morgan fingerprint density at radius 1 is 0.758 bits per heavy atom. The van der Waals surface area contributed by atoms with E-state index in [2.05, 4.69) is 0 Å². The molecule has 0 radical (unpaired) electrons. The van der Waals surface area contributed by atoms with E-state index in [1.54, 1.807) is 12.1 Å². The van der Waals surface area contributed by atoms with Gasteiger partial charge in [0.15, 0.2) is 0 Å². The van der Waals surface area contributed by atoms with Crippen LogP contribution in [0.25, 0.3) is 0 Å². The first-order chi connectivity index (χ1) is 15.2. The molecule has 0 N–H and O–H groups in total. The van der Waals surface area contributed by atoms with E-state index in [9.17, 15) is 40.7 Å². The molecule has 0 aliphatic rings. The average Bonchev–Trinajstić information content (AvgIpc) is 2.74. The third-order valence-electron chi connectivity index (χ3n) is 5.05. The Morgan fingerprint density at radius 2 is 1.21 bits per heavy atom. The second kappa shape index (κ2) is 9.76. The molecular weight excluding hydrogens is 452 g/mol. The molecule has 0 heterocycles. The zero-order valence-corrected chi connectivity index (χ0v) is 17.7. The highest BCUT2D eigenvalue weighted by atomic mass is 19.4. The number of hydrogen-bond acceptors (Lipinski definition) is 3. The Balaban J connectivity index is 2.61. The van der Waals surface area contributed by atoms with Crippen LogP contribution in [0.15, 0.2) is 60.7 Å². The summed E-state index contributed by atoms with van der Waals surface area (Å²) in [5.41, 5.74) is -2.23. The molecule has 1 amide bonds. The molecule has 1 unspecified atom stereocenters. The number of nitrogens with zero attached hydrogens (tertiary/aromatic N) is 1. The van der Waals surface area contributed by atoms with Gasteiger partial charge >= 0.3 is 12.4 Å². The molecule has 0 saturated heterocycles. The van der Waals surface area contributed by atoms with E-state index in [1.807, 2.05) is 0 Å². The summed E-state index contributed by atoms with van der Waals surface area (Å²) < 4.78 is 79.8. The molecule has 178 valence electrons. The van der Waals surface area contributed by atoms with Gasteiger partial charge in [0.05, 0.1) is 0 Å². The summed E-state index contributed by atoms with van der Waals surface area (Å²) in [5, 5.41) is 0. The van der Waals surface area contributed by atoms with Crippen LogP contribution in [0.1, 0.15) is 25.0 Å². The van der Waals surface area contributed by atoms with Gasteiger partial charge in [-0.05, 0) is 25.0 Å². The molecule has 2 aromatic rings. The molecule has 0 fully saturated rings. The Labute approximate surface area is 186 Å². The number of ketones is 2. The van der Waals surface area contributed by atoms with Crippen LogP contribution < -0.4 is 0 Å². The minimum atomic E-state index is -5.40. The highest BCUT2D eigenvalue weighted by Crippen LogP contribution is 2.34. The van der Waals surface area contributed by atoms with Crippen LogP contribution in [0.4, 0.5) is 26.3 Å². The second-order valence-corrected chi connectivity index (χ2v) is 7.94. The molecule has 0 spiro atoms. The number of rotatable bonds is 8. The standard InChI is InChI=1S/C23H21F6NO3/c1-21(2,19(32)23(27,28)29)20(33)30(14-16-11-7-4-8-12-16)17(18(31)22(24,25)26)13-15-9-5-3-6-10-15/h3-12,17H,13-14H2,1-2H3. The van der Waals surface area contributed by atoms with Crippen molar-refractivity contribution in [1.29, 1.82) is 0 Å². The highest BCUT2D eigenvalue weighted by Gasteiger charge is 2.55. The van der Waals surface area contributed by atoms with E-state index >= 15 is 0 Å². The topological polar surface area (TPSA) is 54.5 Å². The maximum absolute atomic E-state index is 13.5. The molecule has 10 heteroatoms. The SMILES string of the molecule is CC(C)(C(=O)N(Cc1ccccc1)C(Cc1ccccc1)C(=O)C(F)(F)F)C(=O)C(F)(F)F. The zero-order valence-electron chi connectivity index (χ0n) is 17.7. The normalized spacial score (nSPS) is 13.3. The molecule has 2 aromatic carbocycles. The quantitative estimate of drug-likeness (QED) is 0.404. The van der Waals surface area contributed by atoms with Gasteiger partial charge < -0.3 is 4.90 Å². The number of carbonyl (C=O) groups is 3. The number of halogens is 6. The van der Waals surface area contributed by atoms with Crippen LogP contribution in [0, 0.1) is 5.41 Å². The summed E-state index contributed by atoms with van der Waals surface area (Å²) in [6.07, 6.45) is -11.4. The van der Waals surface area contributed by atoms with Gasteiger partial charge in [0.2, 0.25) is 5.91 Å². The van der Waals surface area contributed by atoms with Crippen molar-refractivity contribution < 1.29 is 40.7 Å². The maximum Gasteiger partial charge on any atom is 0.452 e. The van der Waals surface area contributed by atoms with Crippen LogP contribution >= 0.6 is 0 Å². The van der Waals surface area contributed by atoms with Gasteiger partial charge in [0.1, 0.15) is 11.5 Å². The van der Waals surface area contributed by atoms with Crippen molar-refractivity contribution in [3.05, 3.63) is 71.8 Å². The third-order valence-corrected chi connectivity index (χ3v) is 5.05. The maximum atomic E-state index is 13.5. The van der Waals surface area contributed by atoms with Crippen molar-refractivity contribution in [3.8, 4) is 0 Å². The predicted octanol–water partition coefficient (Wildman–Crippen LogP) is 4.92. The van der Waals surface area contributed by atoms with Crippen molar-refractivity contribution >= 4 is 17.5 Å². The van der Waals surface area contributed by atoms with Crippen molar-refractivity contribution in [2.24, 2.45) is 5.41 Å². The Hall–Kier alpha value is -3.17. The number of alkyl halides is 6. The summed E-state index contributed by atoms with van der Waals surface area (Å²) in [5.74, 6) is -6.26. The van der Waals surface area contributed by atoms with Gasteiger partial charge in [-0.15, -0.1) is 0 Å². The lowest BCUT2D eigenvalue weighted by Crippen LogP contribution is -2.56. The molecule has 4 nitrogen and oxygen atoms in total. The van der Waals surface area contributed by atoms with Crippen LogP contribution in [0.2, 0.25) is 0 Å². The summed E-state index contributed by atoms with van der Waals surface area (Å²) >= 11 is 0. The lowest BCUT2D eigenvalue weighted by Gasteiger charge is -2.36. The van der Waals surface area contributed by atoms with Crippen LogP contribution in [0.3, 0.4) is 0 Å². The number of Topliss-reactive ketones (excluding diaryl/α,β-unsaturated/α-hetero) is 2. The van der Waals surface area contributed by atoms with E-state index in [0.29, 0.717) is 18.7 Å². The summed E-state index contributed by atoms with van der Waals surface area (Å²) in [6, 6.07) is 12.8. The first-order valence-electron chi connectivity index (χ1n) is 9.77. The number of carbonyl (C=O) groups excluding carboxylic acids is 3.